The first-order valence-electron chi connectivity index (χ1n) is 10.1. The van der Waals surface area contributed by atoms with Crippen LogP contribution in [0.2, 0.25) is 5.02 Å². The minimum atomic E-state index is -0.505. The molecule has 1 aliphatic rings. The van der Waals surface area contributed by atoms with Crippen molar-refractivity contribution in [3.8, 4) is 11.3 Å². The number of hydrogen-bond acceptors (Lipinski definition) is 4. The Kier molecular flexibility index (Phi) is 6.63. The Labute approximate surface area is 176 Å². The van der Waals surface area contributed by atoms with Crippen LogP contribution in [0.4, 0.5) is 0 Å². The Morgan fingerprint density at radius 1 is 1.21 bits per heavy atom. The molecule has 1 aliphatic heterocycles. The molecule has 6 nitrogen and oxygen atoms in total. The van der Waals surface area contributed by atoms with Crippen LogP contribution in [0, 0.1) is 11.8 Å². The van der Waals surface area contributed by atoms with Crippen LogP contribution >= 0.6 is 11.6 Å². The molecule has 2 heterocycles. The Morgan fingerprint density at radius 3 is 2.48 bits per heavy atom. The maximum Gasteiger partial charge on any atom is 0.293 e. The lowest BCUT2D eigenvalue weighted by Crippen LogP contribution is -2.62. The van der Waals surface area contributed by atoms with Crippen molar-refractivity contribution in [1.29, 1.82) is 0 Å². The third kappa shape index (κ3) is 5.18. The van der Waals surface area contributed by atoms with Gasteiger partial charge < -0.3 is 14.7 Å². The summed E-state index contributed by atoms with van der Waals surface area (Å²) in [6.45, 7) is 8.77. The second-order valence-corrected chi connectivity index (χ2v) is 8.96. The smallest absolute Gasteiger partial charge is 0.293 e. The summed E-state index contributed by atoms with van der Waals surface area (Å²) in [4.78, 5) is 27.7. The quantitative estimate of drug-likeness (QED) is 0.755. The van der Waals surface area contributed by atoms with Gasteiger partial charge in [-0.05, 0) is 36.8 Å². The van der Waals surface area contributed by atoms with E-state index < -0.39 is 6.04 Å². The van der Waals surface area contributed by atoms with Crippen LogP contribution in [0.15, 0.2) is 34.9 Å². The van der Waals surface area contributed by atoms with E-state index >= 15 is 0 Å². The average molecular weight is 418 g/mol. The van der Waals surface area contributed by atoms with Gasteiger partial charge in [0.15, 0.2) is 0 Å². The molecule has 0 aliphatic carbocycles. The summed E-state index contributed by atoms with van der Waals surface area (Å²) in [5.41, 5.74) is 1.37. The molecule has 3 rings (SSSR count). The first kappa shape index (κ1) is 21.4. The molecule has 1 saturated heterocycles. The van der Waals surface area contributed by atoms with Crippen molar-refractivity contribution in [2.75, 3.05) is 6.54 Å². The van der Waals surface area contributed by atoms with Gasteiger partial charge in [0.1, 0.15) is 11.7 Å². The fraction of sp³-hybridized carbons (Fsp3) is 0.500. The van der Waals surface area contributed by atoms with E-state index in [0.717, 1.165) is 12.0 Å². The lowest BCUT2D eigenvalue weighted by molar-refractivity contribution is -0.130. The lowest BCUT2D eigenvalue weighted by Gasteiger charge is -2.40. The van der Waals surface area contributed by atoms with E-state index in [2.05, 4.69) is 24.3 Å². The number of aromatic nitrogens is 1. The van der Waals surface area contributed by atoms with Crippen molar-refractivity contribution in [3.63, 3.8) is 0 Å². The fourth-order valence-corrected chi connectivity index (χ4v) is 3.86. The minimum absolute atomic E-state index is 0.0616. The van der Waals surface area contributed by atoms with Gasteiger partial charge in [0.25, 0.3) is 5.91 Å². The number of halogens is 1. The maximum atomic E-state index is 13.3. The lowest BCUT2D eigenvalue weighted by atomic mass is 9.94. The highest BCUT2D eigenvalue weighted by atomic mass is 35.5. The molecule has 0 saturated carbocycles. The molecule has 1 aromatic carbocycles. The Balaban J connectivity index is 1.85. The van der Waals surface area contributed by atoms with Crippen molar-refractivity contribution in [2.24, 2.45) is 11.8 Å². The van der Waals surface area contributed by atoms with E-state index in [1.54, 1.807) is 23.1 Å². The number of benzene rings is 1. The fourth-order valence-electron chi connectivity index (χ4n) is 3.73. The first-order chi connectivity index (χ1) is 13.7. The maximum absolute atomic E-state index is 13.3. The summed E-state index contributed by atoms with van der Waals surface area (Å²) in [5, 5.41) is 7.75. The van der Waals surface area contributed by atoms with Gasteiger partial charge in [-0.15, -0.1) is 0 Å². The van der Waals surface area contributed by atoms with Gasteiger partial charge in [-0.3, -0.25) is 9.59 Å². The van der Waals surface area contributed by atoms with E-state index in [4.69, 9.17) is 16.1 Å². The van der Waals surface area contributed by atoms with Crippen LogP contribution in [-0.2, 0) is 4.79 Å². The normalized spacial score (nSPS) is 19.7. The molecule has 2 amide bonds. The minimum Gasteiger partial charge on any atom is -0.350 e. The third-order valence-corrected chi connectivity index (χ3v) is 5.27. The molecule has 1 N–H and O–H groups in total. The van der Waals surface area contributed by atoms with Gasteiger partial charge >= 0.3 is 0 Å². The molecule has 2 atom stereocenters. The van der Waals surface area contributed by atoms with Crippen molar-refractivity contribution >= 4 is 23.4 Å². The molecule has 1 aromatic heterocycles. The highest BCUT2D eigenvalue weighted by molar-refractivity contribution is 6.30. The molecule has 0 spiro atoms. The van der Waals surface area contributed by atoms with Crippen LogP contribution in [0.25, 0.3) is 11.3 Å². The molecule has 2 aromatic rings. The van der Waals surface area contributed by atoms with Crippen molar-refractivity contribution < 1.29 is 14.1 Å². The molecule has 29 heavy (non-hydrogen) atoms. The van der Waals surface area contributed by atoms with Crippen molar-refractivity contribution in [1.82, 2.24) is 15.4 Å². The van der Waals surface area contributed by atoms with Crippen molar-refractivity contribution in [3.05, 3.63) is 41.1 Å². The molecule has 7 heteroatoms. The highest BCUT2D eigenvalue weighted by Gasteiger charge is 2.39. The van der Waals surface area contributed by atoms with Crippen LogP contribution < -0.4 is 5.32 Å². The predicted molar refractivity (Wildman–Crippen MR) is 113 cm³/mol. The molecule has 0 radical (unpaired) electrons. The van der Waals surface area contributed by atoms with E-state index in [1.165, 1.54) is 0 Å². The second-order valence-electron chi connectivity index (χ2n) is 8.52. The Morgan fingerprint density at radius 2 is 1.86 bits per heavy atom. The van der Waals surface area contributed by atoms with Gasteiger partial charge in [-0.25, -0.2) is 0 Å². The van der Waals surface area contributed by atoms with Gasteiger partial charge in [0.2, 0.25) is 11.7 Å². The summed E-state index contributed by atoms with van der Waals surface area (Å²) < 4.78 is 5.36. The molecule has 156 valence electrons. The summed E-state index contributed by atoms with van der Waals surface area (Å²) in [6.07, 6.45) is 1.42. The average Bonchev–Trinajstić information content (AvgIpc) is 3.13. The Hall–Kier alpha value is -2.34. The number of nitrogens with one attached hydrogen (secondary N) is 1. The summed E-state index contributed by atoms with van der Waals surface area (Å²) >= 11 is 5.93. The summed E-state index contributed by atoms with van der Waals surface area (Å²) in [6, 6.07) is 8.23. The molecular weight excluding hydrogens is 390 g/mol. The van der Waals surface area contributed by atoms with E-state index in [1.807, 2.05) is 26.0 Å². The topological polar surface area (TPSA) is 75.4 Å². The van der Waals surface area contributed by atoms with Crippen LogP contribution in [0.3, 0.4) is 0 Å². The zero-order valence-electron chi connectivity index (χ0n) is 17.3. The number of nitrogens with zero attached hydrogens (tertiary/aromatic N) is 2. The SMILES string of the molecule is CC(C)CC1CN(C(=O)c2cc(-c3ccc(Cl)cc3)no2)C(CC(C)C)C(=O)N1. The first-order valence-corrected chi connectivity index (χ1v) is 10.5. The standard InChI is InChI=1S/C22H28ClN3O3/c1-13(2)9-17-12-26(19(10-14(3)4)21(27)24-17)22(28)20-11-18(25-29-20)15-5-7-16(23)8-6-15/h5-8,11,13-14,17,19H,9-10,12H2,1-4H3,(H,24,27). The highest BCUT2D eigenvalue weighted by Crippen LogP contribution is 2.25. The zero-order valence-corrected chi connectivity index (χ0v) is 18.1. The molecule has 2 unspecified atom stereocenters. The largest absolute Gasteiger partial charge is 0.350 e. The van der Waals surface area contributed by atoms with Gasteiger partial charge in [0, 0.05) is 29.2 Å². The van der Waals surface area contributed by atoms with E-state index in [0.29, 0.717) is 29.6 Å². The van der Waals surface area contributed by atoms with Gasteiger partial charge in [-0.2, -0.15) is 0 Å². The monoisotopic (exact) mass is 417 g/mol. The predicted octanol–water partition coefficient (Wildman–Crippen LogP) is 4.40. The third-order valence-electron chi connectivity index (χ3n) is 5.01. The zero-order chi connectivity index (χ0) is 21.1. The summed E-state index contributed by atoms with van der Waals surface area (Å²) in [5.74, 6) is 0.442. The number of carbonyl (C=O) groups is 2. The van der Waals surface area contributed by atoms with Crippen LogP contribution in [0.1, 0.15) is 51.1 Å². The van der Waals surface area contributed by atoms with Gasteiger partial charge in [-0.1, -0.05) is 56.6 Å². The number of carbonyl (C=O) groups excluding carboxylic acids is 2. The molecule has 0 bridgehead atoms. The summed E-state index contributed by atoms with van der Waals surface area (Å²) in [7, 11) is 0. The number of amides is 2. The molecular formula is C22H28ClN3O3. The van der Waals surface area contributed by atoms with E-state index in [-0.39, 0.29) is 29.5 Å². The number of piperazine rings is 1. The second kappa shape index (κ2) is 8.99. The van der Waals surface area contributed by atoms with Crippen LogP contribution in [0.5, 0.6) is 0 Å². The van der Waals surface area contributed by atoms with Crippen molar-refractivity contribution in [2.45, 2.75) is 52.6 Å². The number of hydrogen-bond donors (Lipinski definition) is 1. The van der Waals surface area contributed by atoms with E-state index in [9.17, 15) is 9.59 Å². The van der Waals surface area contributed by atoms with Crippen LogP contribution in [-0.4, -0.2) is 40.5 Å². The van der Waals surface area contributed by atoms with Gasteiger partial charge in [0.05, 0.1) is 0 Å². The number of rotatable bonds is 6. The molecule has 1 fully saturated rings. The Bertz CT molecular complexity index is 860.